The lowest BCUT2D eigenvalue weighted by Crippen LogP contribution is -2.43. The summed E-state index contributed by atoms with van der Waals surface area (Å²) in [6.07, 6.45) is 3.23. The molecule has 7 nitrogen and oxygen atoms in total. The van der Waals surface area contributed by atoms with E-state index in [1.54, 1.807) is 6.07 Å². The third-order valence-electron chi connectivity index (χ3n) is 4.73. The van der Waals surface area contributed by atoms with Gasteiger partial charge in [-0.25, -0.2) is 8.42 Å². The predicted molar refractivity (Wildman–Crippen MR) is 85.2 cm³/mol. The molecular formula is C16H20N2O5S. The molecule has 1 saturated carbocycles. The Labute approximate surface area is 141 Å². The Morgan fingerprint density at radius 3 is 2.50 bits per heavy atom. The fourth-order valence-electron chi connectivity index (χ4n) is 3.09. The fraction of sp³-hybridized carbons (Fsp3) is 0.562. The number of hydrogen-bond acceptors (Lipinski definition) is 5. The van der Waals surface area contributed by atoms with Gasteiger partial charge in [0.05, 0.1) is 4.90 Å². The lowest BCUT2D eigenvalue weighted by Gasteiger charge is -2.30. The van der Waals surface area contributed by atoms with Crippen molar-refractivity contribution in [3.8, 4) is 11.5 Å². The lowest BCUT2D eigenvalue weighted by atomic mass is 9.97. The van der Waals surface area contributed by atoms with Crippen molar-refractivity contribution in [1.29, 1.82) is 0 Å². The molecule has 1 aromatic carbocycles. The van der Waals surface area contributed by atoms with E-state index in [1.165, 1.54) is 16.4 Å². The van der Waals surface area contributed by atoms with Crippen LogP contribution in [0.3, 0.4) is 0 Å². The standard InChI is InChI=1S/C16H20N2O5S/c19-16(17-12-1-2-12)11-5-7-18(8-6-11)24(20,21)13-3-4-14-15(9-13)23-10-22-14/h3-4,9,11-12H,1-2,5-8,10H2,(H,17,19). The maximum absolute atomic E-state index is 12.8. The number of nitrogens with one attached hydrogen (secondary N) is 1. The summed E-state index contributed by atoms with van der Waals surface area (Å²) in [5, 5.41) is 3.00. The Morgan fingerprint density at radius 2 is 1.79 bits per heavy atom. The number of carbonyl (C=O) groups is 1. The minimum Gasteiger partial charge on any atom is -0.454 e. The molecule has 0 aromatic heterocycles. The monoisotopic (exact) mass is 352 g/mol. The molecule has 2 heterocycles. The highest BCUT2D eigenvalue weighted by atomic mass is 32.2. The summed E-state index contributed by atoms with van der Waals surface area (Å²) in [5.74, 6) is 0.991. The second-order valence-corrected chi connectivity index (χ2v) is 8.41. The zero-order valence-electron chi connectivity index (χ0n) is 13.2. The van der Waals surface area contributed by atoms with Crippen LogP contribution in [-0.2, 0) is 14.8 Å². The average Bonchev–Trinajstić information content (AvgIpc) is 3.27. The minimum absolute atomic E-state index is 0.0672. The summed E-state index contributed by atoms with van der Waals surface area (Å²) >= 11 is 0. The van der Waals surface area contributed by atoms with Crippen molar-refractivity contribution in [1.82, 2.24) is 9.62 Å². The van der Waals surface area contributed by atoms with E-state index in [0.29, 0.717) is 43.5 Å². The van der Waals surface area contributed by atoms with Gasteiger partial charge < -0.3 is 14.8 Å². The van der Waals surface area contributed by atoms with Gasteiger partial charge in [0.25, 0.3) is 0 Å². The first kappa shape index (κ1) is 15.7. The van der Waals surface area contributed by atoms with Gasteiger partial charge in [0.1, 0.15) is 0 Å². The highest BCUT2D eigenvalue weighted by molar-refractivity contribution is 7.89. The minimum atomic E-state index is -3.58. The number of hydrogen-bond donors (Lipinski definition) is 1. The molecule has 0 radical (unpaired) electrons. The summed E-state index contributed by atoms with van der Waals surface area (Å²) in [4.78, 5) is 12.3. The number of fused-ring (bicyclic) bond motifs is 1. The third kappa shape index (κ3) is 2.95. The van der Waals surface area contributed by atoms with E-state index in [-0.39, 0.29) is 23.5 Å². The van der Waals surface area contributed by atoms with Crippen molar-refractivity contribution in [2.75, 3.05) is 19.9 Å². The largest absolute Gasteiger partial charge is 0.454 e. The molecule has 1 saturated heterocycles. The van der Waals surface area contributed by atoms with Crippen LogP contribution in [0.1, 0.15) is 25.7 Å². The fourth-order valence-corrected chi connectivity index (χ4v) is 4.58. The molecule has 3 aliphatic rings. The van der Waals surface area contributed by atoms with Crippen molar-refractivity contribution in [3.63, 3.8) is 0 Å². The Kier molecular flexibility index (Phi) is 3.88. The van der Waals surface area contributed by atoms with Gasteiger partial charge >= 0.3 is 0 Å². The van der Waals surface area contributed by atoms with Crippen LogP contribution in [-0.4, -0.2) is 44.6 Å². The average molecular weight is 352 g/mol. The van der Waals surface area contributed by atoms with Gasteiger partial charge in [0.15, 0.2) is 11.5 Å². The zero-order valence-corrected chi connectivity index (χ0v) is 14.0. The number of benzene rings is 1. The van der Waals surface area contributed by atoms with Crippen LogP contribution in [0.2, 0.25) is 0 Å². The molecule has 130 valence electrons. The number of sulfonamides is 1. The topological polar surface area (TPSA) is 84.9 Å². The van der Waals surface area contributed by atoms with E-state index in [4.69, 9.17) is 9.47 Å². The van der Waals surface area contributed by atoms with Crippen LogP contribution in [0.4, 0.5) is 0 Å². The van der Waals surface area contributed by atoms with Crippen molar-refractivity contribution < 1.29 is 22.7 Å². The molecule has 1 aliphatic carbocycles. The van der Waals surface area contributed by atoms with Gasteiger partial charge in [-0.2, -0.15) is 4.31 Å². The smallest absolute Gasteiger partial charge is 0.243 e. The molecule has 0 spiro atoms. The van der Waals surface area contributed by atoms with Gasteiger partial charge in [0.2, 0.25) is 22.7 Å². The Hall–Kier alpha value is -1.80. The van der Waals surface area contributed by atoms with Crippen molar-refractivity contribution in [2.45, 2.75) is 36.6 Å². The maximum Gasteiger partial charge on any atom is 0.243 e. The highest BCUT2D eigenvalue weighted by Crippen LogP contribution is 2.35. The predicted octanol–water partition coefficient (Wildman–Crippen LogP) is 1.09. The van der Waals surface area contributed by atoms with Gasteiger partial charge in [-0.05, 0) is 37.8 Å². The Morgan fingerprint density at radius 1 is 1.08 bits per heavy atom. The first-order chi connectivity index (χ1) is 11.5. The van der Waals surface area contributed by atoms with E-state index >= 15 is 0 Å². The van der Waals surface area contributed by atoms with Gasteiger partial charge in [0, 0.05) is 31.1 Å². The molecule has 24 heavy (non-hydrogen) atoms. The first-order valence-electron chi connectivity index (χ1n) is 8.24. The van der Waals surface area contributed by atoms with Crippen LogP contribution >= 0.6 is 0 Å². The molecule has 2 fully saturated rings. The van der Waals surface area contributed by atoms with Crippen LogP contribution in [0, 0.1) is 5.92 Å². The van der Waals surface area contributed by atoms with Gasteiger partial charge in [-0.15, -0.1) is 0 Å². The van der Waals surface area contributed by atoms with Crippen LogP contribution in [0.5, 0.6) is 11.5 Å². The molecular weight excluding hydrogens is 332 g/mol. The second kappa shape index (κ2) is 5.93. The molecule has 1 N–H and O–H groups in total. The van der Waals surface area contributed by atoms with Gasteiger partial charge in [-0.3, -0.25) is 4.79 Å². The summed E-state index contributed by atoms with van der Waals surface area (Å²) < 4.78 is 37.5. The van der Waals surface area contributed by atoms with Gasteiger partial charge in [-0.1, -0.05) is 0 Å². The molecule has 1 amide bonds. The highest BCUT2D eigenvalue weighted by Gasteiger charge is 2.34. The van der Waals surface area contributed by atoms with Crippen LogP contribution in [0.25, 0.3) is 0 Å². The number of amides is 1. The SMILES string of the molecule is O=C(NC1CC1)C1CCN(S(=O)(=O)c2ccc3c(c2)OCO3)CC1. The molecule has 0 bridgehead atoms. The van der Waals surface area contributed by atoms with E-state index < -0.39 is 10.0 Å². The third-order valence-corrected chi connectivity index (χ3v) is 6.62. The molecule has 8 heteroatoms. The summed E-state index contributed by atoms with van der Waals surface area (Å²) in [6, 6.07) is 5.00. The normalized spacial score (nSPS) is 21.7. The number of piperidine rings is 1. The molecule has 1 aromatic rings. The first-order valence-corrected chi connectivity index (χ1v) is 9.68. The zero-order chi connectivity index (χ0) is 16.7. The van der Waals surface area contributed by atoms with E-state index in [0.717, 1.165) is 12.8 Å². The number of carbonyl (C=O) groups excluding carboxylic acids is 1. The molecule has 2 aliphatic heterocycles. The molecule has 0 atom stereocenters. The Bertz CT molecular complexity index is 752. The molecule has 4 rings (SSSR count). The maximum atomic E-state index is 12.8. The number of ether oxygens (including phenoxy) is 2. The summed E-state index contributed by atoms with van der Waals surface area (Å²) in [6.45, 7) is 0.833. The van der Waals surface area contributed by atoms with Crippen LogP contribution < -0.4 is 14.8 Å². The van der Waals surface area contributed by atoms with E-state index in [2.05, 4.69) is 5.32 Å². The second-order valence-electron chi connectivity index (χ2n) is 6.48. The van der Waals surface area contributed by atoms with Crippen molar-refractivity contribution >= 4 is 15.9 Å². The summed E-state index contributed by atoms with van der Waals surface area (Å²) in [7, 11) is -3.58. The number of nitrogens with zero attached hydrogens (tertiary/aromatic N) is 1. The summed E-state index contributed by atoms with van der Waals surface area (Å²) in [5.41, 5.74) is 0. The number of rotatable bonds is 4. The molecule has 0 unspecified atom stereocenters. The Balaban J connectivity index is 1.43. The lowest BCUT2D eigenvalue weighted by molar-refractivity contribution is -0.126. The van der Waals surface area contributed by atoms with Crippen molar-refractivity contribution in [2.24, 2.45) is 5.92 Å². The van der Waals surface area contributed by atoms with Crippen molar-refractivity contribution in [3.05, 3.63) is 18.2 Å². The van der Waals surface area contributed by atoms with Crippen LogP contribution in [0.15, 0.2) is 23.1 Å². The quantitative estimate of drug-likeness (QED) is 0.877. The van der Waals surface area contributed by atoms with E-state index in [9.17, 15) is 13.2 Å². The van der Waals surface area contributed by atoms with E-state index in [1.807, 2.05) is 0 Å².